The van der Waals surface area contributed by atoms with Gasteiger partial charge in [0.2, 0.25) is 0 Å². The number of para-hydroxylation sites is 1. The highest BCUT2D eigenvalue weighted by molar-refractivity contribution is 5.36. The van der Waals surface area contributed by atoms with E-state index >= 15 is 0 Å². The van der Waals surface area contributed by atoms with Crippen molar-refractivity contribution >= 4 is 0 Å². The molecule has 0 amide bonds. The van der Waals surface area contributed by atoms with Gasteiger partial charge < -0.3 is 10.1 Å². The highest BCUT2D eigenvalue weighted by Gasteiger charge is 2.08. The Bertz CT molecular complexity index is 491. The molecule has 1 aromatic rings. The van der Waals surface area contributed by atoms with Crippen LogP contribution in [0.1, 0.15) is 53.0 Å². The van der Waals surface area contributed by atoms with Gasteiger partial charge in [-0.1, -0.05) is 70.7 Å². The third-order valence-electron chi connectivity index (χ3n) is 3.49. The zero-order valence-corrected chi connectivity index (χ0v) is 16.2. The lowest BCUT2D eigenvalue weighted by atomic mass is 10.0. The Labute approximate surface area is 149 Å². The summed E-state index contributed by atoms with van der Waals surface area (Å²) in [5.41, 5.74) is 4.00. The summed E-state index contributed by atoms with van der Waals surface area (Å²) in [6, 6.07) is 8.18. The summed E-state index contributed by atoms with van der Waals surface area (Å²) in [6.07, 6.45) is 9.55. The monoisotopic (exact) mass is 329 g/mol. The summed E-state index contributed by atoms with van der Waals surface area (Å²) in [6.45, 7) is 15.7. The number of piperidine rings is 1. The van der Waals surface area contributed by atoms with Crippen LogP contribution in [0.15, 0.2) is 60.3 Å². The topological polar surface area (TPSA) is 21.3 Å². The van der Waals surface area contributed by atoms with Gasteiger partial charge in [0, 0.05) is 18.7 Å². The molecule has 134 valence electrons. The van der Waals surface area contributed by atoms with E-state index in [0.29, 0.717) is 0 Å². The van der Waals surface area contributed by atoms with Crippen LogP contribution in [-0.2, 0) is 6.42 Å². The third kappa shape index (κ3) is 7.54. The molecular formula is C22H35NO. The van der Waals surface area contributed by atoms with Crippen molar-refractivity contribution < 1.29 is 4.74 Å². The average Bonchev–Trinajstić information content (AvgIpc) is 3.15. The van der Waals surface area contributed by atoms with Gasteiger partial charge in [0.05, 0.1) is 6.61 Å². The summed E-state index contributed by atoms with van der Waals surface area (Å²) in [5.74, 6) is 1.07. The molecular weight excluding hydrogens is 294 g/mol. The summed E-state index contributed by atoms with van der Waals surface area (Å²) >= 11 is 0. The first-order chi connectivity index (χ1) is 11.8. The molecule has 2 aliphatic rings. The van der Waals surface area contributed by atoms with Gasteiger partial charge in [-0.05, 0) is 37.0 Å². The Balaban J connectivity index is 0.000000369. The first kappa shape index (κ1) is 22.0. The van der Waals surface area contributed by atoms with Crippen molar-refractivity contribution in [2.24, 2.45) is 0 Å². The highest BCUT2D eigenvalue weighted by atomic mass is 16.5. The molecule has 0 aliphatic carbocycles. The number of hydrogen-bond acceptors (Lipinski definition) is 2. The van der Waals surface area contributed by atoms with Crippen molar-refractivity contribution in [3.05, 3.63) is 65.9 Å². The summed E-state index contributed by atoms with van der Waals surface area (Å²) in [5, 5.41) is 3.35. The number of nitrogens with one attached hydrogen (secondary N) is 1. The van der Waals surface area contributed by atoms with Crippen LogP contribution in [0.4, 0.5) is 0 Å². The van der Waals surface area contributed by atoms with Crippen LogP contribution in [0, 0.1) is 0 Å². The minimum absolute atomic E-state index is 0.860. The van der Waals surface area contributed by atoms with Gasteiger partial charge in [-0.15, -0.1) is 0 Å². The van der Waals surface area contributed by atoms with E-state index < -0.39 is 0 Å². The van der Waals surface area contributed by atoms with Crippen LogP contribution in [0.2, 0.25) is 0 Å². The maximum absolute atomic E-state index is 5.30. The standard InChI is InChI=1S/C10H15N.C8H8O.2C2H6/c1-3-6-9-7-5-8-11-10(9)4-2;1-2-4-8-7(3-1)5-6-9-8;2*1-2/h3-4,6,11H,1,5,7-8H2,2H3;1-4H,5-6H2;2*1-2H3/b9-6-,10-4+;;;. The molecule has 0 radical (unpaired) electrons. The van der Waals surface area contributed by atoms with Crippen molar-refractivity contribution in [2.45, 2.75) is 53.9 Å². The van der Waals surface area contributed by atoms with Crippen molar-refractivity contribution in [1.82, 2.24) is 5.32 Å². The first-order valence-corrected chi connectivity index (χ1v) is 9.28. The minimum atomic E-state index is 0.860. The van der Waals surface area contributed by atoms with E-state index in [0.717, 1.165) is 25.3 Å². The molecule has 0 bridgehead atoms. The van der Waals surface area contributed by atoms with Crippen LogP contribution in [0.3, 0.4) is 0 Å². The van der Waals surface area contributed by atoms with Crippen LogP contribution in [0.25, 0.3) is 0 Å². The second-order valence-corrected chi connectivity index (χ2v) is 4.87. The molecule has 2 heteroatoms. The zero-order chi connectivity index (χ0) is 18.2. The summed E-state index contributed by atoms with van der Waals surface area (Å²) in [7, 11) is 0. The second-order valence-electron chi connectivity index (χ2n) is 4.87. The van der Waals surface area contributed by atoms with E-state index in [1.54, 1.807) is 0 Å². The molecule has 2 heterocycles. The number of ether oxygens (including phenoxy) is 1. The molecule has 0 saturated carbocycles. The normalized spacial score (nSPS) is 17.5. The number of allylic oxidation sites excluding steroid dienone is 4. The number of benzene rings is 1. The Morgan fingerprint density at radius 3 is 2.42 bits per heavy atom. The van der Waals surface area contributed by atoms with Crippen LogP contribution >= 0.6 is 0 Å². The van der Waals surface area contributed by atoms with Gasteiger partial charge in [0.25, 0.3) is 0 Å². The predicted octanol–water partition coefficient (Wildman–Crippen LogP) is 6.06. The van der Waals surface area contributed by atoms with E-state index in [1.807, 2.05) is 52.0 Å². The molecule has 2 aliphatic heterocycles. The lowest BCUT2D eigenvalue weighted by Crippen LogP contribution is -2.21. The second kappa shape index (κ2) is 14.6. The third-order valence-corrected chi connectivity index (χ3v) is 3.49. The van der Waals surface area contributed by atoms with Gasteiger partial charge in [-0.3, -0.25) is 0 Å². The molecule has 24 heavy (non-hydrogen) atoms. The van der Waals surface area contributed by atoms with E-state index in [4.69, 9.17) is 4.74 Å². The number of hydrogen-bond donors (Lipinski definition) is 1. The zero-order valence-electron chi connectivity index (χ0n) is 16.2. The molecule has 2 nitrogen and oxygen atoms in total. The van der Waals surface area contributed by atoms with Gasteiger partial charge in [-0.2, -0.15) is 0 Å². The molecule has 1 aromatic carbocycles. The van der Waals surface area contributed by atoms with Crippen molar-refractivity contribution in [3.8, 4) is 5.75 Å². The molecule has 1 fully saturated rings. The van der Waals surface area contributed by atoms with Crippen molar-refractivity contribution in [1.29, 1.82) is 0 Å². The van der Waals surface area contributed by atoms with Gasteiger partial charge in [-0.25, -0.2) is 0 Å². The van der Waals surface area contributed by atoms with E-state index in [-0.39, 0.29) is 0 Å². The molecule has 3 rings (SSSR count). The molecule has 0 atom stereocenters. The summed E-state index contributed by atoms with van der Waals surface area (Å²) < 4.78 is 5.30. The number of rotatable bonds is 1. The molecule has 0 unspecified atom stereocenters. The minimum Gasteiger partial charge on any atom is -0.493 e. The predicted molar refractivity (Wildman–Crippen MR) is 108 cm³/mol. The smallest absolute Gasteiger partial charge is 0.122 e. The van der Waals surface area contributed by atoms with E-state index in [9.17, 15) is 0 Å². The fourth-order valence-corrected chi connectivity index (χ4v) is 2.48. The number of fused-ring (bicyclic) bond motifs is 1. The average molecular weight is 330 g/mol. The lowest BCUT2D eigenvalue weighted by molar-refractivity contribution is 0.357. The Morgan fingerprint density at radius 2 is 1.79 bits per heavy atom. The highest BCUT2D eigenvalue weighted by Crippen LogP contribution is 2.23. The van der Waals surface area contributed by atoms with E-state index in [1.165, 1.54) is 29.7 Å². The lowest BCUT2D eigenvalue weighted by Gasteiger charge is -2.19. The molecule has 1 N–H and O–H groups in total. The fraction of sp³-hybridized carbons (Fsp3) is 0.455. The molecule has 0 aromatic heterocycles. The molecule has 1 saturated heterocycles. The largest absolute Gasteiger partial charge is 0.493 e. The van der Waals surface area contributed by atoms with Crippen LogP contribution in [0.5, 0.6) is 5.75 Å². The Kier molecular flexibility index (Phi) is 13.4. The van der Waals surface area contributed by atoms with E-state index in [2.05, 4.69) is 37.0 Å². The summed E-state index contributed by atoms with van der Waals surface area (Å²) in [4.78, 5) is 0. The van der Waals surface area contributed by atoms with Gasteiger partial charge >= 0.3 is 0 Å². The SMILES string of the molecule is C=C/C=C1/CCCN/C1=C/C.CC.CC.c1ccc2c(c1)CCO2. The van der Waals surface area contributed by atoms with Gasteiger partial charge in [0.1, 0.15) is 5.75 Å². The molecule has 0 spiro atoms. The fourth-order valence-electron chi connectivity index (χ4n) is 2.48. The first-order valence-electron chi connectivity index (χ1n) is 9.28. The Hall–Kier alpha value is -1.96. The van der Waals surface area contributed by atoms with Crippen LogP contribution < -0.4 is 10.1 Å². The van der Waals surface area contributed by atoms with Gasteiger partial charge in [0.15, 0.2) is 0 Å². The maximum Gasteiger partial charge on any atom is 0.122 e. The van der Waals surface area contributed by atoms with Crippen LogP contribution in [-0.4, -0.2) is 13.2 Å². The Morgan fingerprint density at radius 1 is 1.08 bits per heavy atom. The van der Waals surface area contributed by atoms with Crippen molar-refractivity contribution in [2.75, 3.05) is 13.2 Å². The maximum atomic E-state index is 5.30. The van der Waals surface area contributed by atoms with Crippen molar-refractivity contribution in [3.63, 3.8) is 0 Å². The quantitative estimate of drug-likeness (QED) is 0.676.